The molecule has 0 bridgehead atoms. The van der Waals surface area contributed by atoms with Crippen LogP contribution in [0.1, 0.15) is 55.8 Å². The van der Waals surface area contributed by atoms with E-state index in [1.807, 2.05) is 75.4 Å². The first-order valence-corrected chi connectivity index (χ1v) is 20.9. The van der Waals surface area contributed by atoms with E-state index in [2.05, 4.69) is 37.3 Å². The molecule has 0 radical (unpaired) electrons. The molecule has 0 saturated carbocycles. The number of aryl methyl sites for hydroxylation is 1. The molecule has 0 atom stereocenters. The van der Waals surface area contributed by atoms with Crippen LogP contribution >= 0.6 is 0 Å². The molecule has 0 aliphatic rings. The molecule has 0 amide bonds. The molecule has 2 aromatic heterocycles. The van der Waals surface area contributed by atoms with Crippen LogP contribution in [0.4, 0.5) is 17.6 Å². The molecule has 6 rings (SSSR count). The van der Waals surface area contributed by atoms with Gasteiger partial charge in [0.05, 0.1) is 0 Å². The minimum absolute atomic E-state index is 0.0296. The van der Waals surface area contributed by atoms with E-state index in [0.29, 0.717) is 38.8 Å². The van der Waals surface area contributed by atoms with Gasteiger partial charge in [0, 0.05) is 0 Å². The Morgan fingerprint density at radius 2 is 0.962 bits per heavy atom. The van der Waals surface area contributed by atoms with Crippen LogP contribution < -0.4 is 9.47 Å². The standard InChI is InChI=1S/C22H22F2OSe.C22H20F2OSe/c2*1-3-5-17-10-13-20(26-17)16-8-6-15(7-9-16)18-11-12-19(25-14-4-2)22(24)21(18)23/h6-13H,3-5,14H2,1-2H3;3,5-13H,4,14H2,1-2H3. The van der Waals surface area contributed by atoms with Gasteiger partial charge in [-0.2, -0.15) is 0 Å². The Bertz CT molecular complexity index is 2080. The Balaban J connectivity index is 0.000000201. The number of halogens is 4. The Morgan fingerprint density at radius 3 is 1.42 bits per heavy atom. The number of allylic oxidation sites excluding steroid dienone is 1. The van der Waals surface area contributed by atoms with Crippen LogP contribution in [0.25, 0.3) is 48.3 Å². The van der Waals surface area contributed by atoms with Gasteiger partial charge in [-0.15, -0.1) is 0 Å². The summed E-state index contributed by atoms with van der Waals surface area (Å²) in [6.45, 7) is 8.78. The van der Waals surface area contributed by atoms with E-state index in [9.17, 15) is 17.6 Å². The Kier molecular flexibility index (Phi) is 14.4. The van der Waals surface area contributed by atoms with Crippen LogP contribution in [-0.2, 0) is 6.42 Å². The average Bonchev–Trinajstić information content (AvgIpc) is 3.84. The van der Waals surface area contributed by atoms with E-state index in [1.54, 1.807) is 12.1 Å². The van der Waals surface area contributed by atoms with Crippen molar-refractivity contribution in [2.45, 2.75) is 53.4 Å². The van der Waals surface area contributed by atoms with E-state index in [0.717, 1.165) is 36.8 Å². The van der Waals surface area contributed by atoms with Crippen LogP contribution in [0, 0.1) is 23.3 Å². The number of hydrogen-bond acceptors (Lipinski definition) is 2. The first kappa shape index (κ1) is 39.2. The maximum absolute atomic E-state index is 14.4. The minimum atomic E-state index is -0.929. The van der Waals surface area contributed by atoms with Gasteiger partial charge in [-0.05, 0) is 0 Å². The molecular formula is C44H42F4O2Se2. The monoisotopic (exact) mass is 838 g/mol. The fraction of sp³-hybridized carbons (Fsp3) is 0.227. The van der Waals surface area contributed by atoms with Crippen LogP contribution in [0.5, 0.6) is 11.5 Å². The molecule has 52 heavy (non-hydrogen) atoms. The second-order valence-corrected chi connectivity index (χ2v) is 16.8. The van der Waals surface area contributed by atoms with Crippen LogP contribution in [0.3, 0.4) is 0 Å². The molecule has 2 nitrogen and oxygen atoms in total. The van der Waals surface area contributed by atoms with Gasteiger partial charge in [-0.25, -0.2) is 0 Å². The van der Waals surface area contributed by atoms with Crippen molar-refractivity contribution in [2.75, 3.05) is 13.2 Å². The van der Waals surface area contributed by atoms with Crippen molar-refractivity contribution in [1.29, 1.82) is 0 Å². The summed E-state index contributed by atoms with van der Waals surface area (Å²) < 4.78 is 73.2. The van der Waals surface area contributed by atoms with Gasteiger partial charge in [-0.1, -0.05) is 13.8 Å². The van der Waals surface area contributed by atoms with Gasteiger partial charge in [-0.3, -0.25) is 0 Å². The van der Waals surface area contributed by atoms with E-state index in [-0.39, 0.29) is 37.1 Å². The third kappa shape index (κ3) is 9.67. The molecule has 0 unspecified atom stereocenters. The van der Waals surface area contributed by atoms with Crippen molar-refractivity contribution >= 4 is 35.1 Å². The summed E-state index contributed by atoms with van der Waals surface area (Å²) in [4.78, 5) is 0. The van der Waals surface area contributed by atoms with Gasteiger partial charge in [0.15, 0.2) is 0 Å². The second kappa shape index (κ2) is 19.1. The zero-order valence-electron chi connectivity index (χ0n) is 29.8. The Labute approximate surface area is 316 Å². The number of hydrogen-bond donors (Lipinski definition) is 0. The quantitative estimate of drug-likeness (QED) is 0.0852. The molecule has 0 spiro atoms. The van der Waals surface area contributed by atoms with Crippen LogP contribution in [-0.4, -0.2) is 42.2 Å². The normalized spacial score (nSPS) is 11.1. The SMILES string of the molecule is CC=Cc1ccc(-c2ccc(-c3ccc(OCCC)c(F)c3F)cc2)[se]1.CCCOc1ccc(-c2ccc(-c3ccc(CCC)[se]3)cc2)c(F)c1F. The second-order valence-electron chi connectivity index (χ2n) is 12.0. The Hall–Kier alpha value is -4.06. The topological polar surface area (TPSA) is 18.5 Å². The summed E-state index contributed by atoms with van der Waals surface area (Å²) in [5.74, 6) is -3.64. The van der Waals surface area contributed by atoms with Crippen LogP contribution in [0.15, 0.2) is 103 Å². The molecule has 0 fully saturated rings. The summed E-state index contributed by atoms with van der Waals surface area (Å²) in [7, 11) is 0. The fourth-order valence-corrected chi connectivity index (χ4v) is 9.86. The molecule has 0 aliphatic carbocycles. The summed E-state index contributed by atoms with van der Waals surface area (Å²) in [5, 5.41) is 0. The van der Waals surface area contributed by atoms with Gasteiger partial charge in [0.25, 0.3) is 0 Å². The van der Waals surface area contributed by atoms with Crippen molar-refractivity contribution in [3.05, 3.63) is 135 Å². The van der Waals surface area contributed by atoms with Crippen molar-refractivity contribution in [3.63, 3.8) is 0 Å². The summed E-state index contributed by atoms with van der Waals surface area (Å²) >= 11 is 0.650. The fourth-order valence-electron chi connectivity index (χ4n) is 5.46. The van der Waals surface area contributed by atoms with E-state index in [4.69, 9.17) is 9.47 Å². The zero-order chi connectivity index (χ0) is 37.0. The van der Waals surface area contributed by atoms with Gasteiger partial charge in [0.1, 0.15) is 0 Å². The Morgan fingerprint density at radius 1 is 0.500 bits per heavy atom. The van der Waals surface area contributed by atoms with Crippen molar-refractivity contribution in [2.24, 2.45) is 0 Å². The van der Waals surface area contributed by atoms with Gasteiger partial charge >= 0.3 is 304 Å². The number of rotatable bonds is 13. The van der Waals surface area contributed by atoms with E-state index < -0.39 is 23.3 Å². The van der Waals surface area contributed by atoms with Crippen LogP contribution in [0.2, 0.25) is 0 Å². The first-order valence-electron chi connectivity index (χ1n) is 17.5. The predicted molar refractivity (Wildman–Crippen MR) is 209 cm³/mol. The number of ether oxygens (including phenoxy) is 2. The number of benzene rings is 4. The molecule has 8 heteroatoms. The van der Waals surface area contributed by atoms with E-state index >= 15 is 0 Å². The van der Waals surface area contributed by atoms with Gasteiger partial charge in [0.2, 0.25) is 0 Å². The zero-order valence-corrected chi connectivity index (χ0v) is 33.2. The van der Waals surface area contributed by atoms with Crippen molar-refractivity contribution in [3.8, 4) is 53.8 Å². The third-order valence-corrected chi connectivity index (χ3v) is 12.9. The predicted octanol–water partition coefficient (Wildman–Crippen LogP) is 12.3. The molecular weight excluding hydrogens is 794 g/mol. The molecule has 0 aliphatic heterocycles. The van der Waals surface area contributed by atoms with Gasteiger partial charge < -0.3 is 0 Å². The van der Waals surface area contributed by atoms with E-state index in [1.165, 1.54) is 29.9 Å². The first-order chi connectivity index (χ1) is 25.3. The van der Waals surface area contributed by atoms with Crippen molar-refractivity contribution < 1.29 is 27.0 Å². The molecule has 0 N–H and O–H groups in total. The summed E-state index contributed by atoms with van der Waals surface area (Å²) in [5.41, 5.74) is 4.10. The average molecular weight is 837 g/mol. The maximum atomic E-state index is 14.4. The molecule has 6 aromatic rings. The summed E-state index contributed by atoms with van der Waals surface area (Å²) in [6, 6.07) is 30.1. The molecule has 4 aromatic carbocycles. The molecule has 270 valence electrons. The third-order valence-electron chi connectivity index (χ3n) is 8.09. The van der Waals surface area contributed by atoms with Crippen molar-refractivity contribution in [1.82, 2.24) is 0 Å². The molecule has 2 heterocycles. The summed E-state index contributed by atoms with van der Waals surface area (Å²) in [6.07, 6.45) is 7.96. The molecule has 0 saturated heterocycles.